The van der Waals surface area contributed by atoms with Crippen molar-refractivity contribution in [3.05, 3.63) is 59.7 Å². The maximum atomic E-state index is 14.3. The second kappa shape index (κ2) is 13.5. The Balaban J connectivity index is 1.94. The quantitative estimate of drug-likeness (QED) is 0.114. The third-order valence-electron chi connectivity index (χ3n) is 6.37. The van der Waals surface area contributed by atoms with Gasteiger partial charge in [-0.15, -0.1) is 11.3 Å². The molecule has 0 radical (unpaired) electrons. The molecule has 0 spiro atoms. The predicted octanol–water partition coefficient (Wildman–Crippen LogP) is 7.44. The molecule has 3 aromatic carbocycles. The van der Waals surface area contributed by atoms with Crippen LogP contribution in [-0.2, 0) is 13.6 Å². The van der Waals surface area contributed by atoms with Gasteiger partial charge in [-0.05, 0) is 67.9 Å². The summed E-state index contributed by atoms with van der Waals surface area (Å²) in [6.45, 7) is 3.82. The maximum absolute atomic E-state index is 14.3. The molecule has 4 rings (SSSR count). The summed E-state index contributed by atoms with van der Waals surface area (Å²) in [7, 11) is 3.92. The van der Waals surface area contributed by atoms with E-state index in [4.69, 9.17) is 32.7 Å². The van der Waals surface area contributed by atoms with E-state index >= 15 is 0 Å². The van der Waals surface area contributed by atoms with Crippen molar-refractivity contribution in [1.29, 1.82) is 0 Å². The summed E-state index contributed by atoms with van der Waals surface area (Å²) in [5.74, 6) is 1.95. The van der Waals surface area contributed by atoms with Crippen molar-refractivity contribution < 1.29 is 42.1 Å². The van der Waals surface area contributed by atoms with E-state index in [0.717, 1.165) is 10.1 Å². The van der Waals surface area contributed by atoms with Crippen molar-refractivity contribution in [3.63, 3.8) is 0 Å². The molecule has 4 aromatic rings. The first kappa shape index (κ1) is 31.2. The summed E-state index contributed by atoms with van der Waals surface area (Å²) in [5, 5.41) is 3.65. The van der Waals surface area contributed by atoms with Gasteiger partial charge >= 0.3 is 7.75 Å². The summed E-state index contributed by atoms with van der Waals surface area (Å²) >= 11 is 1.43. The molecule has 0 fully saturated rings. The Morgan fingerprint density at radius 1 is 0.786 bits per heavy atom. The van der Waals surface area contributed by atoms with E-state index in [0.29, 0.717) is 56.0 Å². The van der Waals surface area contributed by atoms with Gasteiger partial charge in [-0.3, -0.25) is 18.9 Å². The molecule has 224 valence electrons. The van der Waals surface area contributed by atoms with Gasteiger partial charge in [0.25, 0.3) is 0 Å². The van der Waals surface area contributed by atoms with Crippen LogP contribution in [0.2, 0.25) is 0 Å². The lowest BCUT2D eigenvalue weighted by Crippen LogP contribution is -2.07. The molecule has 1 aromatic heterocycles. The van der Waals surface area contributed by atoms with E-state index in [9.17, 15) is 9.36 Å². The molecule has 0 saturated heterocycles. The Kier molecular flexibility index (Phi) is 10.0. The number of ether oxygens (including phenoxy) is 5. The lowest BCUT2D eigenvalue weighted by atomic mass is 9.96. The first-order valence-corrected chi connectivity index (χ1v) is 15.4. The van der Waals surface area contributed by atoms with E-state index in [1.807, 2.05) is 24.3 Å². The number of fused-ring (bicyclic) bond motifs is 1. The minimum atomic E-state index is -3.69. The van der Waals surface area contributed by atoms with Crippen LogP contribution in [0.25, 0.3) is 20.5 Å². The standard InChI is InChI=1S/C30H34NO9PS/c1-8-39-41(33,40-9-2)31-22-14-18(10-13-23(22)35-4)30-27(21-12-11-20(34-3)17-26(21)42-30)28(32)19-15-24(36-5)29(38-7)25(16-19)37-6/h10-17H,8-9H2,1-7H3,(H,31,33). The predicted molar refractivity (Wildman–Crippen MR) is 164 cm³/mol. The highest BCUT2D eigenvalue weighted by atomic mass is 32.1. The molecule has 0 aliphatic carbocycles. The Bertz CT molecular complexity index is 1600. The van der Waals surface area contributed by atoms with Gasteiger partial charge in [-0.1, -0.05) is 0 Å². The van der Waals surface area contributed by atoms with Crippen molar-refractivity contribution in [1.82, 2.24) is 0 Å². The fourth-order valence-corrected chi connectivity index (χ4v) is 7.09. The second-order valence-electron chi connectivity index (χ2n) is 8.77. The zero-order valence-corrected chi connectivity index (χ0v) is 26.3. The van der Waals surface area contributed by atoms with Crippen molar-refractivity contribution in [2.45, 2.75) is 13.8 Å². The maximum Gasteiger partial charge on any atom is 0.432 e. The molecule has 0 saturated carbocycles. The Hall–Kier alpha value is -3.76. The van der Waals surface area contributed by atoms with Crippen LogP contribution in [0.5, 0.6) is 28.7 Å². The second-order valence-corrected chi connectivity index (χ2v) is 11.6. The molecule has 0 amide bonds. The number of methoxy groups -OCH3 is 5. The summed E-state index contributed by atoms with van der Waals surface area (Å²) in [4.78, 5) is 15.0. The number of hydrogen-bond donors (Lipinski definition) is 1. The smallest absolute Gasteiger partial charge is 0.432 e. The monoisotopic (exact) mass is 615 g/mol. The first-order valence-electron chi connectivity index (χ1n) is 13.1. The van der Waals surface area contributed by atoms with Gasteiger partial charge in [-0.2, -0.15) is 0 Å². The van der Waals surface area contributed by atoms with Crippen LogP contribution in [0.15, 0.2) is 48.5 Å². The third-order valence-corrected chi connectivity index (χ3v) is 9.28. The number of rotatable bonds is 14. The number of nitrogens with one attached hydrogen (secondary N) is 1. The number of carbonyl (C=O) groups is 1. The number of hydrogen-bond acceptors (Lipinski definition) is 10. The normalized spacial score (nSPS) is 11.3. The van der Waals surface area contributed by atoms with Crippen molar-refractivity contribution >= 4 is 40.6 Å². The summed E-state index contributed by atoms with van der Waals surface area (Å²) in [5.41, 5.74) is 1.90. The van der Waals surface area contributed by atoms with Crippen molar-refractivity contribution in [2.24, 2.45) is 0 Å². The molecule has 0 aliphatic rings. The van der Waals surface area contributed by atoms with Crippen LogP contribution in [0.3, 0.4) is 0 Å². The minimum absolute atomic E-state index is 0.178. The highest BCUT2D eigenvalue weighted by Crippen LogP contribution is 2.51. The van der Waals surface area contributed by atoms with Gasteiger partial charge in [0, 0.05) is 26.1 Å². The average molecular weight is 616 g/mol. The van der Waals surface area contributed by atoms with Gasteiger partial charge in [-0.25, -0.2) is 4.57 Å². The summed E-state index contributed by atoms with van der Waals surface area (Å²) in [6.07, 6.45) is 0. The highest BCUT2D eigenvalue weighted by Gasteiger charge is 2.28. The molecule has 42 heavy (non-hydrogen) atoms. The van der Waals surface area contributed by atoms with Gasteiger partial charge < -0.3 is 23.7 Å². The van der Waals surface area contributed by atoms with E-state index in [1.54, 1.807) is 45.2 Å². The molecule has 1 heterocycles. The average Bonchev–Trinajstić information content (AvgIpc) is 3.38. The van der Waals surface area contributed by atoms with Crippen molar-refractivity contribution in [3.8, 4) is 39.2 Å². The van der Waals surface area contributed by atoms with E-state index < -0.39 is 7.75 Å². The van der Waals surface area contributed by atoms with Crippen LogP contribution >= 0.6 is 19.1 Å². The lowest BCUT2D eigenvalue weighted by molar-refractivity contribution is 0.104. The molecule has 12 heteroatoms. The molecule has 0 aliphatic heterocycles. The number of ketones is 1. The zero-order valence-electron chi connectivity index (χ0n) is 24.6. The van der Waals surface area contributed by atoms with E-state index in [1.165, 1.54) is 39.8 Å². The Morgan fingerprint density at radius 2 is 1.43 bits per heavy atom. The molecule has 10 nitrogen and oxygen atoms in total. The van der Waals surface area contributed by atoms with Gasteiger partial charge in [0.05, 0.1) is 54.5 Å². The molecule has 1 N–H and O–H groups in total. The van der Waals surface area contributed by atoms with Gasteiger partial charge in [0.15, 0.2) is 17.3 Å². The lowest BCUT2D eigenvalue weighted by Gasteiger charge is -2.20. The van der Waals surface area contributed by atoms with Gasteiger partial charge in [0.2, 0.25) is 5.75 Å². The Morgan fingerprint density at radius 3 is 1.98 bits per heavy atom. The van der Waals surface area contributed by atoms with E-state index in [-0.39, 0.29) is 19.0 Å². The largest absolute Gasteiger partial charge is 0.497 e. The van der Waals surface area contributed by atoms with Crippen LogP contribution < -0.4 is 28.8 Å². The van der Waals surface area contributed by atoms with Crippen LogP contribution in [-0.4, -0.2) is 54.5 Å². The number of benzene rings is 3. The zero-order chi connectivity index (χ0) is 30.4. The topological polar surface area (TPSA) is 111 Å². The number of thiophene rings is 1. The highest BCUT2D eigenvalue weighted by molar-refractivity contribution is 7.55. The number of anilines is 1. The molecule has 0 unspecified atom stereocenters. The molecule has 0 bridgehead atoms. The Labute approximate surface area is 249 Å². The fourth-order valence-electron chi connectivity index (χ4n) is 4.51. The third kappa shape index (κ3) is 6.19. The molecule has 0 atom stereocenters. The van der Waals surface area contributed by atoms with Crippen molar-refractivity contribution in [2.75, 3.05) is 53.9 Å². The fraction of sp³-hybridized carbons (Fsp3) is 0.300. The number of carbonyl (C=O) groups excluding carboxylic acids is 1. The molecular weight excluding hydrogens is 581 g/mol. The first-order chi connectivity index (χ1) is 20.3. The minimum Gasteiger partial charge on any atom is -0.497 e. The summed E-state index contributed by atoms with van der Waals surface area (Å²) in [6, 6.07) is 14.1. The summed E-state index contributed by atoms with van der Waals surface area (Å²) < 4.78 is 52.5. The van der Waals surface area contributed by atoms with Gasteiger partial charge in [0.1, 0.15) is 11.5 Å². The molecular formula is C30H34NO9PS. The van der Waals surface area contributed by atoms with Crippen LogP contribution in [0.4, 0.5) is 5.69 Å². The van der Waals surface area contributed by atoms with Crippen LogP contribution in [0.1, 0.15) is 29.8 Å². The van der Waals surface area contributed by atoms with E-state index in [2.05, 4.69) is 5.09 Å². The van der Waals surface area contributed by atoms with Crippen LogP contribution in [0, 0.1) is 0 Å². The SMILES string of the molecule is CCOP(=O)(Nc1cc(-c2sc3cc(OC)ccc3c2C(=O)c2cc(OC)c(OC)c(OC)c2)ccc1OC)OCC.